The molecule has 2 fully saturated rings. The number of amides is 1. The number of carbonyl (C=O) groups is 1. The van der Waals surface area contributed by atoms with E-state index in [1.807, 2.05) is 29.2 Å². The summed E-state index contributed by atoms with van der Waals surface area (Å²) in [6, 6.07) is 7.40. The number of nitrogens with zero attached hydrogens (tertiary/aromatic N) is 2. The SMILES string of the molecule is O=C(C(c1ccc(Cl)cc1)N1CCOCC1)N1CCNCC1. The summed E-state index contributed by atoms with van der Waals surface area (Å²) in [5.41, 5.74) is 1.01. The minimum atomic E-state index is -0.237. The summed E-state index contributed by atoms with van der Waals surface area (Å²) in [5, 5.41) is 3.98. The summed E-state index contributed by atoms with van der Waals surface area (Å²) in [7, 11) is 0. The van der Waals surface area contributed by atoms with Crippen LogP contribution in [-0.4, -0.2) is 68.2 Å². The average Bonchev–Trinajstić information content (AvgIpc) is 2.58. The number of hydrogen-bond donors (Lipinski definition) is 1. The number of halogens is 1. The molecule has 0 spiro atoms. The zero-order valence-corrected chi connectivity index (χ0v) is 13.4. The van der Waals surface area contributed by atoms with Gasteiger partial charge in [-0.25, -0.2) is 0 Å². The molecule has 2 saturated heterocycles. The Labute approximate surface area is 136 Å². The number of carbonyl (C=O) groups excluding carboxylic acids is 1. The van der Waals surface area contributed by atoms with Gasteiger partial charge >= 0.3 is 0 Å². The van der Waals surface area contributed by atoms with Crippen molar-refractivity contribution in [3.8, 4) is 0 Å². The standard InChI is InChI=1S/C16H22ClN3O2/c17-14-3-1-13(2-4-14)15(19-9-11-22-12-10-19)16(21)20-7-5-18-6-8-20/h1-4,15,18H,5-12H2. The lowest BCUT2D eigenvalue weighted by molar-refractivity contribution is -0.139. The number of piperazine rings is 1. The van der Waals surface area contributed by atoms with E-state index in [1.165, 1.54) is 0 Å². The van der Waals surface area contributed by atoms with E-state index in [-0.39, 0.29) is 11.9 Å². The largest absolute Gasteiger partial charge is 0.379 e. The van der Waals surface area contributed by atoms with Crippen LogP contribution < -0.4 is 5.32 Å². The zero-order chi connectivity index (χ0) is 15.4. The molecule has 2 aliphatic rings. The quantitative estimate of drug-likeness (QED) is 0.906. The van der Waals surface area contributed by atoms with Gasteiger partial charge in [-0.15, -0.1) is 0 Å². The number of rotatable bonds is 3. The molecule has 0 aliphatic carbocycles. The number of benzene rings is 1. The molecular formula is C16H22ClN3O2. The molecule has 0 bridgehead atoms. The molecule has 0 aromatic heterocycles. The highest BCUT2D eigenvalue weighted by molar-refractivity contribution is 6.30. The molecule has 6 heteroatoms. The maximum Gasteiger partial charge on any atom is 0.244 e. The Kier molecular flexibility index (Phi) is 5.31. The maximum absolute atomic E-state index is 13.1. The number of nitrogens with one attached hydrogen (secondary N) is 1. The van der Waals surface area contributed by atoms with Gasteiger partial charge in [0.25, 0.3) is 0 Å². The lowest BCUT2D eigenvalue weighted by atomic mass is 10.0. The van der Waals surface area contributed by atoms with Crippen LogP contribution in [0.4, 0.5) is 0 Å². The predicted octanol–water partition coefficient (Wildman–Crippen LogP) is 1.15. The van der Waals surface area contributed by atoms with Crippen molar-refractivity contribution in [3.63, 3.8) is 0 Å². The molecule has 1 aromatic rings. The third kappa shape index (κ3) is 3.60. The maximum atomic E-state index is 13.1. The van der Waals surface area contributed by atoms with Gasteiger partial charge in [0.05, 0.1) is 13.2 Å². The topological polar surface area (TPSA) is 44.8 Å². The fourth-order valence-electron chi connectivity index (χ4n) is 3.05. The van der Waals surface area contributed by atoms with Crippen LogP contribution in [0.15, 0.2) is 24.3 Å². The highest BCUT2D eigenvalue weighted by Crippen LogP contribution is 2.26. The van der Waals surface area contributed by atoms with Crippen LogP contribution in [0.3, 0.4) is 0 Å². The van der Waals surface area contributed by atoms with E-state index in [1.54, 1.807) is 0 Å². The highest BCUT2D eigenvalue weighted by atomic mass is 35.5. The Morgan fingerprint density at radius 1 is 1.09 bits per heavy atom. The molecule has 1 unspecified atom stereocenters. The molecular weight excluding hydrogens is 302 g/mol. The van der Waals surface area contributed by atoms with Crippen LogP contribution >= 0.6 is 11.6 Å². The summed E-state index contributed by atoms with van der Waals surface area (Å²) in [6.45, 7) is 6.19. The van der Waals surface area contributed by atoms with Crippen molar-refractivity contribution >= 4 is 17.5 Å². The summed E-state index contributed by atoms with van der Waals surface area (Å²) in [6.07, 6.45) is 0. The van der Waals surface area contributed by atoms with Crippen LogP contribution in [0.1, 0.15) is 11.6 Å². The minimum absolute atomic E-state index is 0.186. The van der Waals surface area contributed by atoms with Gasteiger partial charge in [0, 0.05) is 44.3 Å². The van der Waals surface area contributed by atoms with E-state index in [2.05, 4.69) is 10.2 Å². The number of hydrogen-bond acceptors (Lipinski definition) is 4. The molecule has 120 valence electrons. The predicted molar refractivity (Wildman–Crippen MR) is 86.0 cm³/mol. The Morgan fingerprint density at radius 3 is 2.36 bits per heavy atom. The van der Waals surface area contributed by atoms with Gasteiger partial charge in [-0.2, -0.15) is 0 Å². The fourth-order valence-corrected chi connectivity index (χ4v) is 3.17. The first-order valence-electron chi connectivity index (χ1n) is 7.82. The van der Waals surface area contributed by atoms with Gasteiger partial charge in [0.2, 0.25) is 5.91 Å². The van der Waals surface area contributed by atoms with Crippen LogP contribution in [0.2, 0.25) is 5.02 Å². The second-order valence-corrected chi connectivity index (χ2v) is 6.11. The van der Waals surface area contributed by atoms with E-state index in [0.717, 1.165) is 44.8 Å². The van der Waals surface area contributed by atoms with Crippen molar-refractivity contribution in [3.05, 3.63) is 34.9 Å². The molecule has 2 aliphatic heterocycles. The average molecular weight is 324 g/mol. The van der Waals surface area contributed by atoms with Gasteiger partial charge in [-0.05, 0) is 17.7 Å². The molecule has 22 heavy (non-hydrogen) atoms. The van der Waals surface area contributed by atoms with E-state index in [9.17, 15) is 4.79 Å². The first kappa shape index (κ1) is 15.7. The molecule has 1 aromatic carbocycles. The fraction of sp³-hybridized carbons (Fsp3) is 0.562. The van der Waals surface area contributed by atoms with Crippen molar-refractivity contribution in [1.82, 2.24) is 15.1 Å². The summed E-state index contributed by atoms with van der Waals surface area (Å²) in [4.78, 5) is 17.2. The molecule has 1 N–H and O–H groups in total. The lowest BCUT2D eigenvalue weighted by Crippen LogP contribution is -2.52. The molecule has 1 atom stereocenters. The molecule has 0 saturated carbocycles. The van der Waals surface area contributed by atoms with Crippen molar-refractivity contribution in [2.24, 2.45) is 0 Å². The van der Waals surface area contributed by atoms with E-state index >= 15 is 0 Å². The van der Waals surface area contributed by atoms with Gasteiger partial charge in [-0.3, -0.25) is 9.69 Å². The van der Waals surface area contributed by atoms with Gasteiger partial charge < -0.3 is 15.0 Å². The van der Waals surface area contributed by atoms with Crippen molar-refractivity contribution in [2.45, 2.75) is 6.04 Å². The molecule has 1 amide bonds. The second kappa shape index (κ2) is 7.42. The normalized spacial score (nSPS) is 21.6. The van der Waals surface area contributed by atoms with Crippen molar-refractivity contribution in [1.29, 1.82) is 0 Å². The van der Waals surface area contributed by atoms with Crippen molar-refractivity contribution < 1.29 is 9.53 Å². The second-order valence-electron chi connectivity index (χ2n) is 5.68. The molecule has 0 radical (unpaired) electrons. The Bertz CT molecular complexity index is 497. The van der Waals surface area contributed by atoms with Crippen LogP contribution in [0.25, 0.3) is 0 Å². The van der Waals surface area contributed by atoms with Crippen LogP contribution in [0.5, 0.6) is 0 Å². The Balaban J connectivity index is 1.84. The lowest BCUT2D eigenvalue weighted by Gasteiger charge is -2.38. The molecule has 5 nitrogen and oxygen atoms in total. The van der Waals surface area contributed by atoms with E-state index in [4.69, 9.17) is 16.3 Å². The number of ether oxygens (including phenoxy) is 1. The third-order valence-corrected chi connectivity index (χ3v) is 4.51. The molecule has 2 heterocycles. The Hall–Kier alpha value is -1.14. The summed E-state index contributed by atoms with van der Waals surface area (Å²) in [5.74, 6) is 0.186. The van der Waals surface area contributed by atoms with Crippen LogP contribution in [-0.2, 0) is 9.53 Å². The summed E-state index contributed by atoms with van der Waals surface area (Å²) >= 11 is 5.99. The van der Waals surface area contributed by atoms with Crippen molar-refractivity contribution in [2.75, 3.05) is 52.5 Å². The zero-order valence-electron chi connectivity index (χ0n) is 12.6. The highest BCUT2D eigenvalue weighted by Gasteiger charge is 2.32. The third-order valence-electron chi connectivity index (χ3n) is 4.26. The van der Waals surface area contributed by atoms with Gasteiger partial charge in [0.15, 0.2) is 0 Å². The van der Waals surface area contributed by atoms with E-state index < -0.39 is 0 Å². The first-order valence-corrected chi connectivity index (χ1v) is 8.20. The van der Waals surface area contributed by atoms with Crippen LogP contribution in [0, 0.1) is 0 Å². The number of morpholine rings is 1. The smallest absolute Gasteiger partial charge is 0.244 e. The minimum Gasteiger partial charge on any atom is -0.379 e. The monoisotopic (exact) mass is 323 g/mol. The van der Waals surface area contributed by atoms with Gasteiger partial charge in [-0.1, -0.05) is 23.7 Å². The molecule has 3 rings (SSSR count). The first-order chi connectivity index (χ1) is 10.8. The Morgan fingerprint density at radius 2 is 1.73 bits per heavy atom. The van der Waals surface area contributed by atoms with Gasteiger partial charge in [0.1, 0.15) is 6.04 Å². The van der Waals surface area contributed by atoms with E-state index in [0.29, 0.717) is 18.2 Å². The summed E-state index contributed by atoms with van der Waals surface area (Å²) < 4.78 is 5.43.